The van der Waals surface area contributed by atoms with Crippen molar-refractivity contribution in [3.63, 3.8) is 0 Å². The summed E-state index contributed by atoms with van der Waals surface area (Å²) in [4.78, 5) is 0. The van der Waals surface area contributed by atoms with E-state index in [2.05, 4.69) is 20.4 Å². The molecule has 0 aromatic carbocycles. The topological polar surface area (TPSA) is 40.5 Å². The highest BCUT2D eigenvalue weighted by molar-refractivity contribution is 5.10. The minimum Gasteiger partial charge on any atom is -0.393 e. The Morgan fingerprint density at radius 2 is 1.88 bits per heavy atom. The molecular formula is C15H26O2. The molecule has 98 valence electrons. The summed E-state index contributed by atoms with van der Waals surface area (Å²) in [6.45, 7) is 10.4. The van der Waals surface area contributed by atoms with Gasteiger partial charge in [0, 0.05) is 5.92 Å². The average molecular weight is 238 g/mol. The Morgan fingerprint density at radius 1 is 1.24 bits per heavy atom. The second kappa shape index (κ2) is 4.40. The van der Waals surface area contributed by atoms with Crippen LogP contribution in [-0.4, -0.2) is 22.4 Å². The van der Waals surface area contributed by atoms with E-state index in [9.17, 15) is 10.2 Å². The van der Waals surface area contributed by atoms with Gasteiger partial charge in [-0.1, -0.05) is 26.0 Å². The van der Waals surface area contributed by atoms with E-state index in [0.717, 1.165) is 31.3 Å². The maximum Gasteiger partial charge on any atom is 0.0642 e. The Morgan fingerprint density at radius 3 is 2.47 bits per heavy atom. The third kappa shape index (κ3) is 1.96. The zero-order valence-electron chi connectivity index (χ0n) is 11.3. The molecule has 2 saturated carbocycles. The van der Waals surface area contributed by atoms with Gasteiger partial charge in [-0.2, -0.15) is 0 Å². The van der Waals surface area contributed by atoms with Crippen LogP contribution in [0.25, 0.3) is 0 Å². The van der Waals surface area contributed by atoms with Crippen molar-refractivity contribution in [2.75, 3.05) is 0 Å². The quantitative estimate of drug-likeness (QED) is 0.690. The lowest BCUT2D eigenvalue weighted by Gasteiger charge is -2.55. The lowest BCUT2D eigenvalue weighted by Crippen LogP contribution is -2.56. The van der Waals surface area contributed by atoms with Crippen molar-refractivity contribution in [3.8, 4) is 0 Å². The van der Waals surface area contributed by atoms with Gasteiger partial charge in [0.15, 0.2) is 0 Å². The van der Waals surface area contributed by atoms with Crippen LogP contribution >= 0.6 is 0 Å². The second-order valence-corrected chi connectivity index (χ2v) is 6.58. The molecule has 0 amide bonds. The van der Waals surface area contributed by atoms with Crippen LogP contribution in [0.3, 0.4) is 0 Å². The van der Waals surface area contributed by atoms with Gasteiger partial charge in [-0.25, -0.2) is 0 Å². The van der Waals surface area contributed by atoms with Crippen LogP contribution in [0.1, 0.15) is 46.5 Å². The zero-order valence-corrected chi connectivity index (χ0v) is 11.3. The van der Waals surface area contributed by atoms with Crippen molar-refractivity contribution in [1.29, 1.82) is 0 Å². The standard InChI is InChI=1S/C15H26O2/c1-9(2)11-7-8-15(4)12(16)6-5-10(3)13(15)14(11)17/h10-14,16-17H,1,5-8H2,2-4H3/t10-,11-,12+,13+,14-,15-/m1/s1. The summed E-state index contributed by atoms with van der Waals surface area (Å²) in [5, 5.41) is 20.9. The summed E-state index contributed by atoms with van der Waals surface area (Å²) in [6.07, 6.45) is 3.33. The van der Waals surface area contributed by atoms with Crippen molar-refractivity contribution in [2.24, 2.45) is 23.2 Å². The van der Waals surface area contributed by atoms with Gasteiger partial charge >= 0.3 is 0 Å². The summed E-state index contributed by atoms with van der Waals surface area (Å²) in [7, 11) is 0. The normalized spacial score (nSPS) is 50.8. The predicted molar refractivity (Wildman–Crippen MR) is 69.5 cm³/mol. The molecule has 0 radical (unpaired) electrons. The Balaban J connectivity index is 2.29. The molecule has 17 heavy (non-hydrogen) atoms. The summed E-state index contributed by atoms with van der Waals surface area (Å²) in [5.74, 6) is 0.947. The lowest BCUT2D eigenvalue weighted by molar-refractivity contribution is -0.150. The average Bonchev–Trinajstić information content (AvgIpc) is 2.23. The molecule has 2 N–H and O–H groups in total. The van der Waals surface area contributed by atoms with E-state index >= 15 is 0 Å². The number of hydrogen-bond acceptors (Lipinski definition) is 2. The zero-order chi connectivity index (χ0) is 12.8. The highest BCUT2D eigenvalue weighted by atomic mass is 16.3. The van der Waals surface area contributed by atoms with Crippen LogP contribution in [0, 0.1) is 23.2 Å². The summed E-state index contributed by atoms with van der Waals surface area (Å²) in [6, 6.07) is 0. The van der Waals surface area contributed by atoms with Crippen molar-refractivity contribution < 1.29 is 10.2 Å². The van der Waals surface area contributed by atoms with Crippen LogP contribution in [0.5, 0.6) is 0 Å². The number of aliphatic hydroxyl groups excluding tert-OH is 2. The van der Waals surface area contributed by atoms with E-state index in [-0.39, 0.29) is 29.5 Å². The van der Waals surface area contributed by atoms with Gasteiger partial charge in [0.1, 0.15) is 0 Å². The summed E-state index contributed by atoms with van der Waals surface area (Å²) >= 11 is 0. The molecule has 2 nitrogen and oxygen atoms in total. The molecule has 0 aromatic heterocycles. The molecule has 0 aromatic rings. The number of fused-ring (bicyclic) bond motifs is 1. The molecule has 0 aliphatic heterocycles. The molecule has 0 spiro atoms. The van der Waals surface area contributed by atoms with Crippen molar-refractivity contribution in [1.82, 2.24) is 0 Å². The molecule has 0 unspecified atom stereocenters. The molecule has 6 atom stereocenters. The van der Waals surface area contributed by atoms with Crippen LogP contribution in [0.4, 0.5) is 0 Å². The number of aliphatic hydroxyl groups is 2. The molecule has 2 aliphatic carbocycles. The van der Waals surface area contributed by atoms with Crippen LogP contribution in [0.2, 0.25) is 0 Å². The van der Waals surface area contributed by atoms with E-state index in [0.29, 0.717) is 5.92 Å². The third-order valence-corrected chi connectivity index (χ3v) is 5.44. The first-order chi connectivity index (χ1) is 7.88. The third-order valence-electron chi connectivity index (χ3n) is 5.44. The SMILES string of the molecule is C=C(C)[C@H]1CC[C@@]2(C)[C@H]([C@@H]1O)[C@H](C)CC[C@@H]2O. The molecule has 2 aliphatic rings. The van der Waals surface area contributed by atoms with E-state index < -0.39 is 0 Å². The van der Waals surface area contributed by atoms with Crippen LogP contribution in [0.15, 0.2) is 12.2 Å². The van der Waals surface area contributed by atoms with Gasteiger partial charge in [0.25, 0.3) is 0 Å². The Labute approximate surface area is 105 Å². The molecule has 0 saturated heterocycles. The Kier molecular flexibility index (Phi) is 3.39. The first-order valence-corrected chi connectivity index (χ1v) is 6.89. The van der Waals surface area contributed by atoms with Gasteiger partial charge in [0.05, 0.1) is 12.2 Å². The maximum atomic E-state index is 10.6. The van der Waals surface area contributed by atoms with Gasteiger partial charge in [-0.3, -0.25) is 0 Å². The first kappa shape index (κ1) is 13.1. The van der Waals surface area contributed by atoms with Crippen LogP contribution < -0.4 is 0 Å². The van der Waals surface area contributed by atoms with Gasteiger partial charge < -0.3 is 10.2 Å². The molecule has 2 heteroatoms. The number of rotatable bonds is 1. The highest BCUT2D eigenvalue weighted by Gasteiger charge is 2.53. The monoisotopic (exact) mass is 238 g/mol. The van der Waals surface area contributed by atoms with E-state index in [1.165, 1.54) is 0 Å². The fraction of sp³-hybridized carbons (Fsp3) is 0.867. The predicted octanol–water partition coefficient (Wildman–Crippen LogP) is 2.75. The number of hydrogen-bond donors (Lipinski definition) is 2. The Hall–Kier alpha value is -0.340. The smallest absolute Gasteiger partial charge is 0.0642 e. The van der Waals surface area contributed by atoms with Crippen molar-refractivity contribution in [2.45, 2.75) is 58.7 Å². The fourth-order valence-electron chi connectivity index (χ4n) is 4.29. The molecule has 2 fully saturated rings. The molecule has 2 rings (SSSR count). The lowest BCUT2D eigenvalue weighted by atomic mass is 9.52. The minimum absolute atomic E-state index is 0.0942. The summed E-state index contributed by atoms with van der Waals surface area (Å²) in [5.41, 5.74) is 0.995. The summed E-state index contributed by atoms with van der Waals surface area (Å²) < 4.78 is 0. The first-order valence-electron chi connectivity index (χ1n) is 6.89. The molecule has 0 bridgehead atoms. The minimum atomic E-state index is -0.323. The largest absolute Gasteiger partial charge is 0.393 e. The molecule has 0 heterocycles. The Bertz CT molecular complexity index is 312. The van der Waals surface area contributed by atoms with Crippen molar-refractivity contribution in [3.05, 3.63) is 12.2 Å². The van der Waals surface area contributed by atoms with E-state index in [1.54, 1.807) is 0 Å². The van der Waals surface area contributed by atoms with Gasteiger partial charge in [0.2, 0.25) is 0 Å². The second-order valence-electron chi connectivity index (χ2n) is 6.58. The van der Waals surface area contributed by atoms with Crippen LogP contribution in [-0.2, 0) is 0 Å². The maximum absolute atomic E-state index is 10.6. The molecular weight excluding hydrogens is 212 g/mol. The van der Waals surface area contributed by atoms with Gasteiger partial charge in [-0.05, 0) is 49.9 Å². The van der Waals surface area contributed by atoms with Gasteiger partial charge in [-0.15, -0.1) is 0 Å². The highest BCUT2D eigenvalue weighted by Crippen LogP contribution is 2.54. The fourth-order valence-corrected chi connectivity index (χ4v) is 4.29. The van der Waals surface area contributed by atoms with E-state index in [1.807, 2.05) is 6.92 Å². The van der Waals surface area contributed by atoms with Crippen molar-refractivity contribution >= 4 is 0 Å². The van der Waals surface area contributed by atoms with E-state index in [4.69, 9.17) is 0 Å².